The maximum absolute atomic E-state index is 9.43. The average molecular weight is 307 g/mol. The second-order valence-corrected chi connectivity index (χ2v) is 1.77. The van der Waals surface area contributed by atoms with Gasteiger partial charge in [-0.2, -0.15) is 18.6 Å². The molecule has 0 bridgehead atoms. The van der Waals surface area contributed by atoms with Gasteiger partial charge in [-0.05, 0) is 0 Å². The summed E-state index contributed by atoms with van der Waals surface area (Å²) >= 11 is 0. The quantitative estimate of drug-likeness (QED) is 0.552. The van der Waals surface area contributed by atoms with E-state index in [1.165, 1.54) is 0 Å². The van der Waals surface area contributed by atoms with Crippen molar-refractivity contribution in [3.8, 4) is 0 Å². The van der Waals surface area contributed by atoms with Crippen molar-refractivity contribution in [1.82, 2.24) is 0 Å². The molecular weight excluding hydrogens is 303 g/mol. The Morgan fingerprint density at radius 3 is 1.57 bits per heavy atom. The van der Waals surface area contributed by atoms with E-state index in [0.717, 1.165) is 0 Å². The van der Waals surface area contributed by atoms with Crippen LogP contribution in [0.25, 0.3) is 0 Å². The van der Waals surface area contributed by atoms with E-state index in [9.17, 15) is 8.42 Å². The topological polar surface area (TPSA) is 95.4 Å². The van der Waals surface area contributed by atoms with Gasteiger partial charge < -0.3 is 0 Å². The second kappa shape index (κ2) is 3.51. The van der Waals surface area contributed by atoms with Crippen molar-refractivity contribution in [1.29, 1.82) is 0 Å². The van der Waals surface area contributed by atoms with Crippen LogP contribution in [0.5, 0.6) is 0 Å². The third-order valence-electron chi connectivity index (χ3n) is 0.134. The summed E-state index contributed by atoms with van der Waals surface area (Å²) in [6, 6.07) is 0. The third-order valence-corrected chi connectivity index (χ3v) is 0.402. The Balaban J connectivity index is 0. The zero-order valence-corrected chi connectivity index (χ0v) is 6.19. The molecule has 0 saturated heterocycles. The fraction of sp³-hybridized carbons (Fsp3) is 0. The minimum Gasteiger partial charge on any atom is -0.204 e. The molecule has 5 nitrogen and oxygen atoms in total. The summed E-state index contributed by atoms with van der Waals surface area (Å²) < 4.78 is 22.0. The van der Waals surface area contributed by atoms with Gasteiger partial charge in [-0.1, -0.05) is 0 Å². The van der Waals surface area contributed by atoms with E-state index in [-0.39, 0.29) is 21.1 Å². The molecule has 7 heteroatoms. The first-order valence-corrected chi connectivity index (χ1v) is 2.44. The van der Waals surface area contributed by atoms with Crippen LogP contribution < -0.4 is 11.0 Å². The molecule has 0 atom stereocenters. The van der Waals surface area contributed by atoms with Crippen molar-refractivity contribution in [2.24, 2.45) is 11.0 Å². The predicted octanol–water partition coefficient (Wildman–Crippen LogP) is -1.92. The molecule has 0 saturated carbocycles. The molecule has 4 N–H and O–H groups in total. The first kappa shape index (κ1) is 10.5. The second-order valence-electron chi connectivity index (χ2n) is 0.589. The number of rotatable bonds is 1. The van der Waals surface area contributed by atoms with Gasteiger partial charge in [0.05, 0.1) is 0 Å². The smallest absolute Gasteiger partial charge is 0.204 e. The Morgan fingerprint density at radius 2 is 1.57 bits per heavy atom. The Kier molecular flexibility index (Phi) is 5.26. The minimum atomic E-state index is -3.88. The summed E-state index contributed by atoms with van der Waals surface area (Å²) in [7, 11) is -3.88. The van der Waals surface area contributed by atoms with Crippen LogP contribution >= 0.6 is 0 Å². The molecule has 0 fully saturated rings. The number of hydrogen-bond acceptors (Lipinski definition) is 4. The molecule has 7 heavy (non-hydrogen) atoms. The van der Waals surface area contributed by atoms with Crippen molar-refractivity contribution in [2.75, 3.05) is 0 Å². The van der Waals surface area contributed by atoms with Crippen LogP contribution in [-0.2, 0) is 35.7 Å². The number of hydrogen-bond donors (Lipinski definition) is 2. The van der Waals surface area contributed by atoms with Crippen LogP contribution in [0.3, 0.4) is 0 Å². The van der Waals surface area contributed by atoms with Gasteiger partial charge in [0.15, 0.2) is 0 Å². The molecule has 0 aliphatic rings. The summed E-state index contributed by atoms with van der Waals surface area (Å²) in [6.45, 7) is 0. The maximum atomic E-state index is 9.43. The van der Waals surface area contributed by atoms with E-state index in [4.69, 9.17) is 0 Å². The monoisotopic (exact) mass is 307 g/mol. The zero-order valence-electron chi connectivity index (χ0n) is 3.10. The van der Waals surface area contributed by atoms with Crippen molar-refractivity contribution in [2.45, 2.75) is 0 Å². The van der Waals surface area contributed by atoms with Crippen LogP contribution in [-0.4, -0.2) is 8.42 Å². The van der Waals surface area contributed by atoms with Crippen LogP contribution in [0.15, 0.2) is 0 Å². The van der Waals surface area contributed by atoms with Gasteiger partial charge >= 0.3 is 10.3 Å². The van der Waals surface area contributed by atoms with Crippen molar-refractivity contribution >= 4 is 10.3 Å². The molecule has 0 heterocycles. The van der Waals surface area contributed by atoms with Crippen LogP contribution in [0.4, 0.5) is 0 Å². The molecule has 0 rings (SSSR count). The van der Waals surface area contributed by atoms with Gasteiger partial charge in [-0.15, -0.1) is 0 Å². The molecule has 48 valence electrons. The van der Waals surface area contributed by atoms with Gasteiger partial charge in [0.1, 0.15) is 0 Å². The van der Waals surface area contributed by atoms with E-state index < -0.39 is 10.3 Å². The Morgan fingerprint density at radius 1 is 1.43 bits per heavy atom. The Hall–Kier alpha value is 0.518. The fourth-order valence-electron chi connectivity index (χ4n) is 0. The average Bonchev–Trinajstić information content (AvgIpc) is 1.35. The molecule has 0 aromatic heterocycles. The van der Waals surface area contributed by atoms with E-state index in [1.807, 2.05) is 0 Å². The normalized spacial score (nSPS) is 10.0. The van der Waals surface area contributed by atoms with Crippen molar-refractivity contribution in [3.05, 3.63) is 0 Å². The van der Waals surface area contributed by atoms with Gasteiger partial charge in [0, 0.05) is 21.1 Å². The van der Waals surface area contributed by atoms with E-state index in [1.54, 1.807) is 0 Å². The van der Waals surface area contributed by atoms with Crippen LogP contribution in [0.1, 0.15) is 0 Å². The molecule has 0 unspecified atom stereocenters. The third kappa shape index (κ3) is 10.8. The van der Waals surface area contributed by atoms with Crippen molar-refractivity contribution in [3.63, 3.8) is 0 Å². The SMILES string of the molecule is NOS(N)(=O)=O.[Pt]. The number of nitrogens with two attached hydrogens (primary N) is 2. The largest absolute Gasteiger partial charge is 0.349 e. The Labute approximate surface area is 55.5 Å². The standard InChI is InChI=1S/H4N2O3S.Pt/c1-5-6(2,3)4;/h1H2,(H2,2,3,4);. The summed E-state index contributed by atoms with van der Waals surface area (Å²) in [5, 5.41) is 4.16. The summed E-state index contributed by atoms with van der Waals surface area (Å²) in [5.41, 5.74) is 0. The summed E-state index contributed by atoms with van der Waals surface area (Å²) in [6.07, 6.45) is 0. The van der Waals surface area contributed by atoms with Gasteiger partial charge in [0.2, 0.25) is 0 Å². The molecular formula is H4N2O3PtS. The molecule has 0 aliphatic heterocycles. The first-order valence-electron chi connectivity index (χ1n) is 0.971. The van der Waals surface area contributed by atoms with E-state index in [2.05, 4.69) is 15.3 Å². The molecule has 0 radical (unpaired) electrons. The first-order chi connectivity index (χ1) is 2.56. The maximum Gasteiger partial charge on any atom is 0.349 e. The van der Waals surface area contributed by atoms with E-state index >= 15 is 0 Å². The van der Waals surface area contributed by atoms with Crippen molar-refractivity contribution < 1.29 is 33.8 Å². The predicted molar refractivity (Wildman–Crippen MR) is 18.4 cm³/mol. The van der Waals surface area contributed by atoms with Gasteiger partial charge in [0.25, 0.3) is 0 Å². The summed E-state index contributed by atoms with van der Waals surface area (Å²) in [4.78, 5) is 0. The zero-order chi connectivity index (χ0) is 5.21. The molecule has 0 aromatic carbocycles. The molecule has 0 aliphatic carbocycles. The van der Waals surface area contributed by atoms with Gasteiger partial charge in [-0.25, -0.2) is 5.14 Å². The van der Waals surface area contributed by atoms with Gasteiger partial charge in [-0.3, -0.25) is 0 Å². The van der Waals surface area contributed by atoms with Crippen LogP contribution in [0.2, 0.25) is 0 Å². The van der Waals surface area contributed by atoms with Crippen LogP contribution in [0, 0.1) is 0 Å². The fourth-order valence-corrected chi connectivity index (χ4v) is 0. The van der Waals surface area contributed by atoms with E-state index in [0.29, 0.717) is 0 Å². The Bertz CT molecular complexity index is 115. The molecule has 0 amide bonds. The molecule has 0 spiro atoms. The minimum absolute atomic E-state index is 0. The molecule has 0 aromatic rings. The summed E-state index contributed by atoms with van der Waals surface area (Å²) in [5.74, 6) is 4.09.